The first kappa shape index (κ1) is 12.0. The van der Waals surface area contributed by atoms with Crippen LogP contribution in [0.5, 0.6) is 0 Å². The van der Waals surface area contributed by atoms with E-state index in [-0.39, 0.29) is 6.10 Å². The Morgan fingerprint density at radius 1 is 1.29 bits per heavy atom. The lowest BCUT2D eigenvalue weighted by Crippen LogP contribution is -2.43. The molecule has 0 spiro atoms. The van der Waals surface area contributed by atoms with Crippen LogP contribution in [-0.4, -0.2) is 35.7 Å². The van der Waals surface area contributed by atoms with Gasteiger partial charge in [-0.05, 0) is 31.7 Å². The number of aliphatic hydroxyl groups excluding tert-OH is 1. The number of rotatable bonds is 5. The molecule has 1 saturated heterocycles. The lowest BCUT2D eigenvalue weighted by Gasteiger charge is -2.35. The molecule has 0 radical (unpaired) electrons. The van der Waals surface area contributed by atoms with Crippen LogP contribution in [-0.2, 0) is 0 Å². The Bertz CT molecular complexity index is 149. The van der Waals surface area contributed by atoms with Crippen LogP contribution in [0.15, 0.2) is 0 Å². The van der Waals surface area contributed by atoms with Gasteiger partial charge in [0.2, 0.25) is 0 Å². The number of hydrogen-bond donors (Lipinski definition) is 1. The highest BCUT2D eigenvalue weighted by Gasteiger charge is 2.25. The molecule has 0 aromatic rings. The van der Waals surface area contributed by atoms with E-state index in [0.717, 1.165) is 25.9 Å². The predicted molar refractivity (Wildman–Crippen MR) is 60.4 cm³/mol. The maximum atomic E-state index is 9.73. The second kappa shape index (κ2) is 6.41. The van der Waals surface area contributed by atoms with E-state index in [1.54, 1.807) is 0 Å². The standard InChI is InChI=1S/C12H25NO/c1-3-5-6-8-13-9-7-12(14)11(4-2)10-13/h11-12,14H,3-10H2,1-2H3. The zero-order valence-electron chi connectivity index (χ0n) is 9.71. The predicted octanol–water partition coefficient (Wildman–Crippen LogP) is 2.27. The lowest BCUT2D eigenvalue weighted by molar-refractivity contribution is 0.0247. The molecule has 2 unspecified atom stereocenters. The number of unbranched alkanes of at least 4 members (excludes halogenated alkanes) is 2. The van der Waals surface area contributed by atoms with Gasteiger partial charge in [0, 0.05) is 13.1 Å². The minimum absolute atomic E-state index is 0.0394. The van der Waals surface area contributed by atoms with E-state index in [1.807, 2.05) is 0 Å². The quantitative estimate of drug-likeness (QED) is 0.687. The van der Waals surface area contributed by atoms with Crippen molar-refractivity contribution in [2.75, 3.05) is 19.6 Å². The second-order valence-electron chi connectivity index (χ2n) is 4.53. The third-order valence-corrected chi connectivity index (χ3v) is 3.38. The van der Waals surface area contributed by atoms with Crippen LogP contribution in [0, 0.1) is 5.92 Å². The van der Waals surface area contributed by atoms with Crippen LogP contribution in [0.4, 0.5) is 0 Å². The van der Waals surface area contributed by atoms with Crippen molar-refractivity contribution in [3.05, 3.63) is 0 Å². The smallest absolute Gasteiger partial charge is 0.0592 e. The van der Waals surface area contributed by atoms with Gasteiger partial charge in [-0.25, -0.2) is 0 Å². The van der Waals surface area contributed by atoms with Gasteiger partial charge >= 0.3 is 0 Å². The molecular formula is C12H25NO. The van der Waals surface area contributed by atoms with Crippen molar-refractivity contribution in [1.82, 2.24) is 4.90 Å². The molecule has 0 aromatic heterocycles. The molecule has 1 aliphatic rings. The molecule has 1 fully saturated rings. The minimum atomic E-state index is -0.0394. The van der Waals surface area contributed by atoms with Gasteiger partial charge in [0.05, 0.1) is 6.10 Å². The first-order valence-electron chi connectivity index (χ1n) is 6.18. The van der Waals surface area contributed by atoms with Crippen molar-refractivity contribution in [3.63, 3.8) is 0 Å². The van der Waals surface area contributed by atoms with Crippen LogP contribution < -0.4 is 0 Å². The lowest BCUT2D eigenvalue weighted by atomic mass is 9.92. The number of piperidine rings is 1. The summed E-state index contributed by atoms with van der Waals surface area (Å²) in [5.74, 6) is 0.519. The largest absolute Gasteiger partial charge is 0.393 e. The molecule has 1 rings (SSSR count). The van der Waals surface area contributed by atoms with Crippen molar-refractivity contribution < 1.29 is 5.11 Å². The van der Waals surface area contributed by atoms with E-state index < -0.39 is 0 Å². The average molecular weight is 199 g/mol. The van der Waals surface area contributed by atoms with Crippen molar-refractivity contribution in [3.8, 4) is 0 Å². The monoisotopic (exact) mass is 199 g/mol. The highest BCUT2D eigenvalue weighted by Crippen LogP contribution is 2.20. The van der Waals surface area contributed by atoms with Crippen LogP contribution >= 0.6 is 0 Å². The minimum Gasteiger partial charge on any atom is -0.393 e. The summed E-state index contributed by atoms with van der Waals surface area (Å²) in [5, 5.41) is 9.73. The zero-order chi connectivity index (χ0) is 10.4. The van der Waals surface area contributed by atoms with E-state index in [2.05, 4.69) is 18.7 Å². The summed E-state index contributed by atoms with van der Waals surface area (Å²) in [6, 6.07) is 0. The van der Waals surface area contributed by atoms with Gasteiger partial charge in [-0.3, -0.25) is 0 Å². The number of aliphatic hydroxyl groups is 1. The maximum Gasteiger partial charge on any atom is 0.0592 e. The maximum absolute atomic E-state index is 9.73. The molecule has 0 bridgehead atoms. The Morgan fingerprint density at radius 2 is 2.07 bits per heavy atom. The summed E-state index contributed by atoms with van der Waals surface area (Å²) in [6.45, 7) is 7.87. The SMILES string of the molecule is CCCCCN1CCC(O)C(CC)C1. The highest BCUT2D eigenvalue weighted by atomic mass is 16.3. The molecule has 0 amide bonds. The molecular weight excluding hydrogens is 174 g/mol. The van der Waals surface area contributed by atoms with E-state index >= 15 is 0 Å². The van der Waals surface area contributed by atoms with Gasteiger partial charge < -0.3 is 10.0 Å². The second-order valence-corrected chi connectivity index (χ2v) is 4.53. The van der Waals surface area contributed by atoms with Gasteiger partial charge in [0.1, 0.15) is 0 Å². The van der Waals surface area contributed by atoms with Crippen LogP contribution in [0.1, 0.15) is 46.0 Å². The fourth-order valence-electron chi connectivity index (χ4n) is 2.28. The number of likely N-dealkylation sites (tertiary alicyclic amines) is 1. The molecule has 2 atom stereocenters. The molecule has 1 N–H and O–H groups in total. The summed E-state index contributed by atoms with van der Waals surface area (Å²) in [5.41, 5.74) is 0. The molecule has 1 aliphatic heterocycles. The number of nitrogens with zero attached hydrogens (tertiary/aromatic N) is 1. The normalized spacial score (nSPS) is 29.4. The highest BCUT2D eigenvalue weighted by molar-refractivity contribution is 4.78. The van der Waals surface area contributed by atoms with Gasteiger partial charge in [0.25, 0.3) is 0 Å². The summed E-state index contributed by atoms with van der Waals surface area (Å²) in [7, 11) is 0. The van der Waals surface area contributed by atoms with Crippen molar-refractivity contribution >= 4 is 0 Å². The topological polar surface area (TPSA) is 23.5 Å². The van der Waals surface area contributed by atoms with Crippen molar-refractivity contribution in [2.45, 2.75) is 52.1 Å². The number of hydrogen-bond acceptors (Lipinski definition) is 2. The van der Waals surface area contributed by atoms with Crippen LogP contribution in [0.3, 0.4) is 0 Å². The van der Waals surface area contributed by atoms with E-state index in [9.17, 15) is 5.11 Å². The molecule has 0 saturated carbocycles. The molecule has 0 aliphatic carbocycles. The van der Waals surface area contributed by atoms with Crippen molar-refractivity contribution in [1.29, 1.82) is 0 Å². The van der Waals surface area contributed by atoms with Crippen LogP contribution in [0.2, 0.25) is 0 Å². The molecule has 1 heterocycles. The third-order valence-electron chi connectivity index (χ3n) is 3.38. The molecule has 84 valence electrons. The fraction of sp³-hybridized carbons (Fsp3) is 1.00. The summed E-state index contributed by atoms with van der Waals surface area (Å²) in [6.07, 6.45) is 6.02. The summed E-state index contributed by atoms with van der Waals surface area (Å²) in [4.78, 5) is 2.52. The van der Waals surface area contributed by atoms with E-state index in [4.69, 9.17) is 0 Å². The first-order chi connectivity index (χ1) is 6.77. The van der Waals surface area contributed by atoms with Gasteiger partial charge in [0.15, 0.2) is 0 Å². The van der Waals surface area contributed by atoms with Gasteiger partial charge in [-0.1, -0.05) is 26.7 Å². The van der Waals surface area contributed by atoms with Gasteiger partial charge in [-0.15, -0.1) is 0 Å². The Kier molecular flexibility index (Phi) is 5.49. The molecule has 2 heteroatoms. The first-order valence-corrected chi connectivity index (χ1v) is 6.18. The Hall–Kier alpha value is -0.0800. The van der Waals surface area contributed by atoms with E-state index in [1.165, 1.54) is 25.8 Å². The zero-order valence-corrected chi connectivity index (χ0v) is 9.71. The van der Waals surface area contributed by atoms with Crippen LogP contribution in [0.25, 0.3) is 0 Å². The average Bonchev–Trinajstić information content (AvgIpc) is 2.21. The van der Waals surface area contributed by atoms with Crippen molar-refractivity contribution in [2.24, 2.45) is 5.92 Å². The Morgan fingerprint density at radius 3 is 2.71 bits per heavy atom. The Balaban J connectivity index is 2.21. The summed E-state index contributed by atoms with van der Waals surface area (Å²) >= 11 is 0. The molecule has 2 nitrogen and oxygen atoms in total. The van der Waals surface area contributed by atoms with E-state index in [0.29, 0.717) is 5.92 Å². The van der Waals surface area contributed by atoms with Gasteiger partial charge in [-0.2, -0.15) is 0 Å². The molecule has 0 aromatic carbocycles. The fourth-order valence-corrected chi connectivity index (χ4v) is 2.28. The summed E-state index contributed by atoms with van der Waals surface area (Å²) < 4.78 is 0. The molecule has 14 heavy (non-hydrogen) atoms. The third kappa shape index (κ3) is 3.58. The Labute approximate surface area is 88.3 Å².